The van der Waals surface area contributed by atoms with Crippen molar-refractivity contribution in [3.63, 3.8) is 0 Å². The third kappa shape index (κ3) is 11.6. The maximum atomic E-state index is 13.3. The predicted molar refractivity (Wildman–Crippen MR) is 192 cm³/mol. The second-order valence-electron chi connectivity index (χ2n) is 12.3. The van der Waals surface area contributed by atoms with Crippen LogP contribution in [-0.4, -0.2) is 49.3 Å². The van der Waals surface area contributed by atoms with Crippen LogP contribution >= 0.6 is 11.8 Å². The van der Waals surface area contributed by atoms with Gasteiger partial charge in [0.2, 0.25) is 0 Å². The van der Waals surface area contributed by atoms with Crippen molar-refractivity contribution in [2.24, 2.45) is 0 Å². The standard InChI is InChI=1S/C36H39FN4O7S2/c1-36(2,3)48-35(43)38-22-8-7-9-29(24-49-30-10-5-4-6-11-30)39-32-21-20-31(23-33(32)41(44)45)50(46,47)40-34(42)27-14-12-25(13-15-27)26-16-18-28(37)19-17-26/h4-6,10-21,23,29,39H,7-9,22,24H2,1-3H3,(H,38,43)(H,40,42). The van der Waals surface area contributed by atoms with Crippen molar-refractivity contribution in [2.75, 3.05) is 17.6 Å². The fourth-order valence-corrected chi connectivity index (χ4v) is 6.79. The van der Waals surface area contributed by atoms with E-state index in [1.807, 2.05) is 35.1 Å². The van der Waals surface area contributed by atoms with E-state index < -0.39 is 43.1 Å². The van der Waals surface area contributed by atoms with Crippen LogP contribution in [0.2, 0.25) is 0 Å². The zero-order chi connectivity index (χ0) is 36.3. The molecule has 3 N–H and O–H groups in total. The topological polar surface area (TPSA) is 157 Å². The van der Waals surface area contributed by atoms with E-state index in [0.717, 1.165) is 11.0 Å². The number of alkyl carbamates (subject to hydrolysis) is 1. The zero-order valence-electron chi connectivity index (χ0n) is 27.8. The summed E-state index contributed by atoms with van der Waals surface area (Å²) in [5.41, 5.74) is 0.506. The Bertz CT molecular complexity index is 1880. The van der Waals surface area contributed by atoms with E-state index in [-0.39, 0.29) is 23.1 Å². The van der Waals surface area contributed by atoms with Crippen LogP contribution in [0.5, 0.6) is 0 Å². The second-order valence-corrected chi connectivity index (χ2v) is 15.1. The molecule has 11 nitrogen and oxygen atoms in total. The number of sulfonamides is 1. The summed E-state index contributed by atoms with van der Waals surface area (Å²) in [6, 6.07) is 24.7. The van der Waals surface area contributed by atoms with Gasteiger partial charge in [0.1, 0.15) is 17.1 Å². The summed E-state index contributed by atoms with van der Waals surface area (Å²) in [7, 11) is -4.48. The number of benzene rings is 4. The molecule has 264 valence electrons. The molecule has 0 aliphatic heterocycles. The number of halogens is 1. The van der Waals surface area contributed by atoms with Crippen molar-refractivity contribution >= 4 is 45.2 Å². The fourth-order valence-electron chi connectivity index (χ4n) is 4.80. The number of nitro benzene ring substituents is 1. The number of nitrogens with one attached hydrogen (secondary N) is 3. The largest absolute Gasteiger partial charge is 0.444 e. The lowest BCUT2D eigenvalue weighted by atomic mass is 10.0. The zero-order valence-corrected chi connectivity index (χ0v) is 29.5. The third-order valence-corrected chi connectivity index (χ3v) is 9.73. The highest BCUT2D eigenvalue weighted by Crippen LogP contribution is 2.30. The highest BCUT2D eigenvalue weighted by molar-refractivity contribution is 7.99. The average Bonchev–Trinajstić information content (AvgIpc) is 3.06. The van der Waals surface area contributed by atoms with E-state index in [1.54, 1.807) is 56.8 Å². The number of thioether (sulfide) groups is 1. The summed E-state index contributed by atoms with van der Waals surface area (Å²) in [6.07, 6.45) is 1.41. The molecule has 0 saturated heterocycles. The Labute approximate surface area is 295 Å². The van der Waals surface area contributed by atoms with Gasteiger partial charge in [-0.1, -0.05) is 42.5 Å². The highest BCUT2D eigenvalue weighted by atomic mass is 32.2. The van der Waals surface area contributed by atoms with E-state index in [1.165, 1.54) is 36.4 Å². The molecule has 50 heavy (non-hydrogen) atoms. The van der Waals surface area contributed by atoms with Gasteiger partial charge in [-0.2, -0.15) is 0 Å². The Morgan fingerprint density at radius 2 is 1.56 bits per heavy atom. The third-order valence-electron chi connectivity index (χ3n) is 7.23. The molecule has 14 heteroatoms. The Hall–Kier alpha value is -4.95. The maximum absolute atomic E-state index is 13.3. The van der Waals surface area contributed by atoms with Crippen LogP contribution in [0.15, 0.2) is 107 Å². The first-order valence-electron chi connectivity index (χ1n) is 15.8. The van der Waals surface area contributed by atoms with Crippen LogP contribution in [-0.2, 0) is 14.8 Å². The molecular weight excluding hydrogens is 684 g/mol. The van der Waals surface area contributed by atoms with E-state index in [0.29, 0.717) is 42.7 Å². The van der Waals surface area contributed by atoms with Gasteiger partial charge in [0.15, 0.2) is 0 Å². The minimum absolute atomic E-state index is 0.0484. The van der Waals surface area contributed by atoms with Gasteiger partial charge in [0.25, 0.3) is 21.6 Å². The van der Waals surface area contributed by atoms with Gasteiger partial charge in [-0.3, -0.25) is 14.9 Å². The fraction of sp³-hybridized carbons (Fsp3) is 0.278. The van der Waals surface area contributed by atoms with Gasteiger partial charge in [0, 0.05) is 34.9 Å². The first kappa shape index (κ1) is 37.9. The van der Waals surface area contributed by atoms with Crippen molar-refractivity contribution in [3.05, 3.63) is 119 Å². The van der Waals surface area contributed by atoms with Gasteiger partial charge >= 0.3 is 6.09 Å². The molecule has 0 fully saturated rings. The molecule has 0 aliphatic rings. The molecule has 4 aromatic rings. The van der Waals surface area contributed by atoms with Gasteiger partial charge < -0.3 is 15.4 Å². The number of nitrogens with zero attached hydrogens (tertiary/aromatic N) is 1. The maximum Gasteiger partial charge on any atom is 0.407 e. The van der Waals surface area contributed by atoms with Crippen LogP contribution in [0.1, 0.15) is 50.4 Å². The molecule has 0 spiro atoms. The van der Waals surface area contributed by atoms with Crippen molar-refractivity contribution < 1.29 is 32.1 Å². The summed E-state index contributed by atoms with van der Waals surface area (Å²) in [6.45, 7) is 5.73. The highest BCUT2D eigenvalue weighted by Gasteiger charge is 2.25. The van der Waals surface area contributed by atoms with Gasteiger partial charge in [-0.05, 0) is 99.7 Å². The Balaban J connectivity index is 1.44. The van der Waals surface area contributed by atoms with Gasteiger partial charge in [-0.25, -0.2) is 22.3 Å². The molecule has 4 aromatic carbocycles. The minimum atomic E-state index is -4.48. The molecule has 1 unspecified atom stereocenters. The first-order chi connectivity index (χ1) is 23.7. The number of carbonyl (C=O) groups is 2. The predicted octanol–water partition coefficient (Wildman–Crippen LogP) is 7.79. The van der Waals surface area contributed by atoms with Crippen molar-refractivity contribution in [1.29, 1.82) is 0 Å². The van der Waals surface area contributed by atoms with E-state index in [2.05, 4.69) is 10.6 Å². The molecule has 0 aliphatic carbocycles. The molecule has 4 rings (SSSR count). The minimum Gasteiger partial charge on any atom is -0.444 e. The van der Waals surface area contributed by atoms with Crippen LogP contribution in [0.4, 0.5) is 20.6 Å². The lowest BCUT2D eigenvalue weighted by Gasteiger charge is -2.21. The first-order valence-corrected chi connectivity index (χ1v) is 18.3. The number of anilines is 1. The number of rotatable bonds is 15. The summed E-state index contributed by atoms with van der Waals surface area (Å²) in [4.78, 5) is 36.9. The van der Waals surface area contributed by atoms with E-state index in [4.69, 9.17) is 4.74 Å². The summed E-state index contributed by atoms with van der Waals surface area (Å²) in [5.74, 6) is -0.751. The van der Waals surface area contributed by atoms with Crippen molar-refractivity contribution in [2.45, 2.75) is 61.5 Å². The molecule has 0 radical (unpaired) electrons. The molecule has 1 atom stereocenters. The lowest BCUT2D eigenvalue weighted by Crippen LogP contribution is -2.33. The molecule has 0 aromatic heterocycles. The number of hydrogen-bond donors (Lipinski definition) is 3. The van der Waals surface area contributed by atoms with Gasteiger partial charge in [-0.15, -0.1) is 11.8 Å². The van der Waals surface area contributed by atoms with Crippen LogP contribution in [0.3, 0.4) is 0 Å². The number of nitro groups is 1. The lowest BCUT2D eigenvalue weighted by molar-refractivity contribution is -0.384. The van der Waals surface area contributed by atoms with Crippen LogP contribution < -0.4 is 15.4 Å². The number of ether oxygens (including phenoxy) is 1. The SMILES string of the molecule is CC(C)(C)OC(=O)NCCCCC(CSc1ccccc1)Nc1ccc(S(=O)(=O)NC(=O)c2ccc(-c3ccc(F)cc3)cc2)cc1[N+](=O)[O-]. The normalized spacial score (nSPS) is 12.1. The molecule has 0 bridgehead atoms. The molecule has 2 amide bonds. The van der Waals surface area contributed by atoms with Crippen LogP contribution in [0, 0.1) is 15.9 Å². The smallest absolute Gasteiger partial charge is 0.407 e. The number of carbonyl (C=O) groups excluding carboxylic acids is 2. The van der Waals surface area contributed by atoms with E-state index >= 15 is 0 Å². The second kappa shape index (κ2) is 17.1. The Morgan fingerprint density at radius 1 is 0.920 bits per heavy atom. The summed E-state index contributed by atoms with van der Waals surface area (Å²) in [5, 5.41) is 18.1. The van der Waals surface area contributed by atoms with Crippen LogP contribution in [0.25, 0.3) is 11.1 Å². The summed E-state index contributed by atoms with van der Waals surface area (Å²) >= 11 is 1.57. The van der Waals surface area contributed by atoms with Crippen molar-refractivity contribution in [1.82, 2.24) is 10.0 Å². The van der Waals surface area contributed by atoms with Crippen molar-refractivity contribution in [3.8, 4) is 11.1 Å². The summed E-state index contributed by atoms with van der Waals surface area (Å²) < 4.78 is 46.9. The Morgan fingerprint density at radius 3 is 2.18 bits per heavy atom. The number of unbranched alkanes of at least 4 members (excludes halogenated alkanes) is 1. The molecule has 0 saturated carbocycles. The quantitative estimate of drug-likeness (QED) is 0.0482. The monoisotopic (exact) mass is 722 g/mol. The van der Waals surface area contributed by atoms with E-state index in [9.17, 15) is 32.5 Å². The number of amides is 2. The number of hydrogen-bond acceptors (Lipinski definition) is 9. The Kier molecular flexibility index (Phi) is 13.0. The average molecular weight is 723 g/mol. The van der Waals surface area contributed by atoms with Gasteiger partial charge in [0.05, 0.1) is 9.82 Å². The molecule has 0 heterocycles. The molecular formula is C36H39FN4O7S2.